The molecule has 4 heterocycles. The number of aromatic hydroxyl groups is 1. The molecule has 150 valence electrons. The number of fused-ring (bicyclic) bond motifs is 3. The second kappa shape index (κ2) is 6.59. The van der Waals surface area contributed by atoms with Crippen LogP contribution in [0.2, 0.25) is 0 Å². The van der Waals surface area contributed by atoms with Gasteiger partial charge in [0.15, 0.2) is 5.82 Å². The number of halogens is 2. The molecule has 2 aliphatic heterocycles. The molecule has 0 spiro atoms. The Morgan fingerprint density at radius 2 is 2.00 bits per heavy atom. The first kappa shape index (κ1) is 18.2. The molecule has 3 aromatic rings. The zero-order valence-electron chi connectivity index (χ0n) is 15.9. The van der Waals surface area contributed by atoms with Crippen LogP contribution in [-0.4, -0.2) is 51.4 Å². The number of phenolic OH excluding ortho intramolecular Hbond substituents is 1. The van der Waals surface area contributed by atoms with Gasteiger partial charge in [-0.15, -0.1) is 10.2 Å². The van der Waals surface area contributed by atoms with Crippen LogP contribution >= 0.6 is 0 Å². The number of nitrogens with zero attached hydrogens (tertiary/aromatic N) is 4. The van der Waals surface area contributed by atoms with Crippen molar-refractivity contribution in [2.45, 2.75) is 43.3 Å². The van der Waals surface area contributed by atoms with Gasteiger partial charge in [0.1, 0.15) is 5.75 Å². The summed E-state index contributed by atoms with van der Waals surface area (Å²) < 4.78 is 28.0. The van der Waals surface area contributed by atoms with E-state index in [0.29, 0.717) is 29.9 Å². The highest BCUT2D eigenvalue weighted by atomic mass is 19.3. The number of benzene rings is 1. The van der Waals surface area contributed by atoms with E-state index in [9.17, 15) is 13.9 Å². The van der Waals surface area contributed by atoms with Gasteiger partial charge in [-0.3, -0.25) is 4.98 Å². The zero-order chi connectivity index (χ0) is 20.2. The molecule has 0 saturated carbocycles. The smallest absolute Gasteiger partial charge is 0.264 e. The van der Waals surface area contributed by atoms with Gasteiger partial charge >= 0.3 is 0 Å². The second-order valence-corrected chi connectivity index (χ2v) is 7.99. The SMILES string of the molecule is CN(c1ccc(-c2cc3cnccc3cc2O)nn1)[C@@H]1CC2CC(F)(F)C(C1)N2. The van der Waals surface area contributed by atoms with Crippen molar-refractivity contribution >= 4 is 16.6 Å². The lowest BCUT2D eigenvalue weighted by Gasteiger charge is -2.36. The number of aromatic nitrogens is 3. The fourth-order valence-electron chi connectivity index (χ4n) is 4.51. The van der Waals surface area contributed by atoms with E-state index in [-0.39, 0.29) is 24.3 Å². The van der Waals surface area contributed by atoms with E-state index < -0.39 is 12.0 Å². The van der Waals surface area contributed by atoms with Crippen molar-refractivity contribution in [2.75, 3.05) is 11.9 Å². The Bertz CT molecular complexity index is 1060. The maximum atomic E-state index is 14.0. The van der Waals surface area contributed by atoms with Crippen LogP contribution in [0.25, 0.3) is 22.0 Å². The fourth-order valence-corrected chi connectivity index (χ4v) is 4.51. The van der Waals surface area contributed by atoms with Gasteiger partial charge in [-0.25, -0.2) is 8.78 Å². The van der Waals surface area contributed by atoms with Gasteiger partial charge in [-0.2, -0.15) is 0 Å². The van der Waals surface area contributed by atoms with E-state index in [1.54, 1.807) is 24.5 Å². The largest absolute Gasteiger partial charge is 0.507 e. The average molecular weight is 397 g/mol. The molecule has 2 aromatic heterocycles. The molecule has 1 aromatic carbocycles. The Kier molecular flexibility index (Phi) is 4.13. The summed E-state index contributed by atoms with van der Waals surface area (Å²) >= 11 is 0. The summed E-state index contributed by atoms with van der Waals surface area (Å²) in [6, 6.07) is 8.00. The van der Waals surface area contributed by atoms with E-state index in [1.807, 2.05) is 30.1 Å². The predicted molar refractivity (Wildman–Crippen MR) is 106 cm³/mol. The van der Waals surface area contributed by atoms with Crippen molar-refractivity contribution in [3.63, 3.8) is 0 Å². The molecule has 2 saturated heterocycles. The Labute approximate surface area is 166 Å². The van der Waals surface area contributed by atoms with Gasteiger partial charge in [0.05, 0.1) is 11.7 Å². The van der Waals surface area contributed by atoms with Gasteiger partial charge in [0.25, 0.3) is 5.92 Å². The lowest BCUT2D eigenvalue weighted by molar-refractivity contribution is -0.0128. The molecule has 2 aliphatic rings. The van der Waals surface area contributed by atoms with Crippen LogP contribution in [-0.2, 0) is 0 Å². The molecule has 6 nitrogen and oxygen atoms in total. The van der Waals surface area contributed by atoms with Gasteiger partial charge < -0.3 is 15.3 Å². The van der Waals surface area contributed by atoms with Gasteiger partial charge in [0, 0.05) is 48.9 Å². The minimum atomic E-state index is -2.64. The average Bonchev–Trinajstić information content (AvgIpc) is 2.93. The Balaban J connectivity index is 1.39. The number of pyridine rings is 1. The number of rotatable bonds is 3. The molecule has 0 aliphatic carbocycles. The van der Waals surface area contributed by atoms with Crippen LogP contribution in [0.1, 0.15) is 19.3 Å². The molecule has 29 heavy (non-hydrogen) atoms. The number of phenols is 1. The van der Waals surface area contributed by atoms with Crippen molar-refractivity contribution in [1.29, 1.82) is 0 Å². The third-order valence-electron chi connectivity index (χ3n) is 6.12. The zero-order valence-corrected chi connectivity index (χ0v) is 15.9. The van der Waals surface area contributed by atoms with Crippen LogP contribution in [0.5, 0.6) is 5.75 Å². The van der Waals surface area contributed by atoms with Gasteiger partial charge in [-0.1, -0.05) is 0 Å². The lowest BCUT2D eigenvalue weighted by Crippen LogP contribution is -2.49. The first-order valence-electron chi connectivity index (χ1n) is 9.68. The minimum absolute atomic E-state index is 0.0140. The molecule has 2 fully saturated rings. The molecule has 0 radical (unpaired) electrons. The van der Waals surface area contributed by atoms with E-state index in [4.69, 9.17) is 0 Å². The Morgan fingerprint density at radius 1 is 1.14 bits per heavy atom. The Morgan fingerprint density at radius 3 is 2.76 bits per heavy atom. The number of nitrogens with one attached hydrogen (secondary N) is 1. The highest BCUT2D eigenvalue weighted by Gasteiger charge is 2.53. The minimum Gasteiger partial charge on any atom is -0.507 e. The van der Waals surface area contributed by atoms with Crippen LogP contribution in [0.3, 0.4) is 0 Å². The van der Waals surface area contributed by atoms with E-state index in [2.05, 4.69) is 20.5 Å². The fraction of sp³-hybridized carbons (Fsp3) is 0.381. The quantitative estimate of drug-likeness (QED) is 0.706. The second-order valence-electron chi connectivity index (χ2n) is 7.99. The molecule has 2 unspecified atom stereocenters. The Hall–Kier alpha value is -2.87. The van der Waals surface area contributed by atoms with Crippen LogP contribution < -0.4 is 10.2 Å². The van der Waals surface area contributed by atoms with Crippen LogP contribution in [0.4, 0.5) is 14.6 Å². The number of anilines is 1. The summed E-state index contributed by atoms with van der Waals surface area (Å²) in [6.45, 7) is 0. The molecule has 5 rings (SSSR count). The predicted octanol–water partition coefficient (Wildman–Crippen LogP) is 3.36. The molecule has 2 bridgehead atoms. The van der Waals surface area contributed by atoms with Crippen molar-refractivity contribution in [3.8, 4) is 17.0 Å². The number of alkyl halides is 2. The summed E-state index contributed by atoms with van der Waals surface area (Å²) in [4.78, 5) is 6.04. The first-order valence-corrected chi connectivity index (χ1v) is 9.68. The normalized spacial score (nSPS) is 25.3. The van der Waals surface area contributed by atoms with Crippen molar-refractivity contribution < 1.29 is 13.9 Å². The third kappa shape index (κ3) is 3.17. The standard InChI is InChI=1S/C21H21F2N5O/c1-28(15-8-14-10-21(22,23)19(9-15)25-14)20-3-2-17(26-27-20)16-6-13-11-24-5-4-12(13)7-18(16)29/h2-7,11,14-15,19,25,29H,8-10H2,1H3/t14?,15-,19?/m1/s1. The summed E-state index contributed by atoms with van der Waals surface area (Å²) in [6.07, 6.45) is 4.35. The van der Waals surface area contributed by atoms with Gasteiger partial charge in [0.2, 0.25) is 0 Å². The van der Waals surface area contributed by atoms with E-state index in [0.717, 1.165) is 10.8 Å². The van der Waals surface area contributed by atoms with Crippen LogP contribution in [0, 0.1) is 0 Å². The summed E-state index contributed by atoms with van der Waals surface area (Å²) in [7, 11) is 1.87. The first-order chi connectivity index (χ1) is 13.9. The topological polar surface area (TPSA) is 74.2 Å². The van der Waals surface area contributed by atoms with Crippen molar-refractivity contribution in [3.05, 3.63) is 42.7 Å². The van der Waals surface area contributed by atoms with Gasteiger partial charge in [-0.05, 0) is 48.6 Å². The van der Waals surface area contributed by atoms with Crippen LogP contribution in [0.15, 0.2) is 42.7 Å². The van der Waals surface area contributed by atoms with E-state index >= 15 is 0 Å². The maximum absolute atomic E-state index is 14.0. The third-order valence-corrected chi connectivity index (χ3v) is 6.12. The highest BCUT2D eigenvalue weighted by molar-refractivity contribution is 5.89. The summed E-state index contributed by atoms with van der Waals surface area (Å²) in [5, 5.41) is 23.8. The maximum Gasteiger partial charge on any atom is 0.264 e. The number of hydrogen-bond donors (Lipinski definition) is 2. The molecule has 0 amide bonds. The van der Waals surface area contributed by atoms with Crippen molar-refractivity contribution in [2.24, 2.45) is 0 Å². The van der Waals surface area contributed by atoms with Crippen molar-refractivity contribution in [1.82, 2.24) is 20.5 Å². The number of hydrogen-bond acceptors (Lipinski definition) is 6. The highest BCUT2D eigenvalue weighted by Crippen LogP contribution is 2.41. The van der Waals surface area contributed by atoms with E-state index in [1.165, 1.54) is 0 Å². The number of piperidine rings is 1. The summed E-state index contributed by atoms with van der Waals surface area (Å²) in [5.41, 5.74) is 1.12. The monoisotopic (exact) mass is 397 g/mol. The lowest BCUT2D eigenvalue weighted by atomic mass is 9.98. The molecule has 2 N–H and O–H groups in total. The molecular formula is C21H21F2N5O. The summed E-state index contributed by atoms with van der Waals surface area (Å²) in [5.74, 6) is -1.89. The molecular weight excluding hydrogens is 376 g/mol. The molecule has 3 atom stereocenters. The molecule has 8 heteroatoms.